The van der Waals surface area contributed by atoms with Crippen molar-refractivity contribution in [3.8, 4) is 0 Å². The summed E-state index contributed by atoms with van der Waals surface area (Å²) < 4.78 is 0. The molecule has 2 nitrogen and oxygen atoms in total. The van der Waals surface area contributed by atoms with Gasteiger partial charge in [0, 0.05) is 12.1 Å². The number of hydrogen-bond donors (Lipinski definition) is 1. The van der Waals surface area contributed by atoms with Crippen LogP contribution in [0.1, 0.15) is 65.2 Å². The molecule has 0 heterocycles. The van der Waals surface area contributed by atoms with Crippen LogP contribution in [0.2, 0.25) is 0 Å². The molecule has 2 N–H and O–H groups in total. The highest BCUT2D eigenvalue weighted by atomic mass is 15.2. The fraction of sp³-hybridized carbons (Fsp3) is 1.00. The van der Waals surface area contributed by atoms with Crippen LogP contribution in [0.3, 0.4) is 0 Å². The van der Waals surface area contributed by atoms with E-state index in [0.29, 0.717) is 0 Å². The van der Waals surface area contributed by atoms with Crippen LogP contribution in [0.4, 0.5) is 0 Å². The Hall–Kier alpha value is -0.0800. The number of unbranched alkanes of at least 4 members (excludes halogenated alkanes) is 2. The Bertz CT molecular complexity index is 193. The van der Waals surface area contributed by atoms with E-state index in [0.717, 1.165) is 24.5 Å². The van der Waals surface area contributed by atoms with Gasteiger partial charge in [-0.15, -0.1) is 0 Å². The van der Waals surface area contributed by atoms with E-state index in [1.165, 1.54) is 51.4 Å². The third kappa shape index (κ3) is 4.59. The van der Waals surface area contributed by atoms with Gasteiger partial charge in [-0.25, -0.2) is 0 Å². The zero-order valence-electron chi connectivity index (χ0n) is 12.1. The molecule has 0 aliphatic heterocycles. The number of nitrogens with two attached hydrogens (primary N) is 1. The lowest BCUT2D eigenvalue weighted by Crippen LogP contribution is -2.46. The number of hydrogen-bond acceptors (Lipinski definition) is 2. The number of nitrogens with zero attached hydrogens (tertiary/aromatic N) is 1. The molecule has 1 saturated carbocycles. The second-order valence-corrected chi connectivity index (χ2v) is 5.86. The Kier molecular flexibility index (Phi) is 7.14. The van der Waals surface area contributed by atoms with Gasteiger partial charge in [0.05, 0.1) is 0 Å². The molecule has 0 aromatic carbocycles. The molecule has 0 aromatic rings. The summed E-state index contributed by atoms with van der Waals surface area (Å²) >= 11 is 0. The van der Waals surface area contributed by atoms with Crippen LogP contribution in [0.5, 0.6) is 0 Å². The molecule has 0 bridgehead atoms. The second kappa shape index (κ2) is 8.10. The minimum atomic E-state index is 0.721. The van der Waals surface area contributed by atoms with Crippen molar-refractivity contribution in [3.05, 3.63) is 0 Å². The van der Waals surface area contributed by atoms with Gasteiger partial charge in [-0.3, -0.25) is 0 Å². The number of rotatable bonds is 7. The van der Waals surface area contributed by atoms with E-state index >= 15 is 0 Å². The Morgan fingerprint density at radius 1 is 1.24 bits per heavy atom. The van der Waals surface area contributed by atoms with Crippen LogP contribution in [0, 0.1) is 5.92 Å². The molecule has 1 rings (SSSR count). The smallest absolute Gasteiger partial charge is 0.0135 e. The maximum Gasteiger partial charge on any atom is 0.0135 e. The summed E-state index contributed by atoms with van der Waals surface area (Å²) in [5, 5.41) is 0. The first-order valence-corrected chi connectivity index (χ1v) is 7.62. The average molecular weight is 240 g/mol. The SMILES string of the molecule is CCCCCC(C)N(C)C1CCCCC1CN. The van der Waals surface area contributed by atoms with Crippen molar-refractivity contribution in [2.75, 3.05) is 13.6 Å². The van der Waals surface area contributed by atoms with Gasteiger partial charge in [-0.2, -0.15) is 0 Å². The monoisotopic (exact) mass is 240 g/mol. The summed E-state index contributed by atoms with van der Waals surface area (Å²) in [5.74, 6) is 0.738. The molecule has 0 amide bonds. The molecular weight excluding hydrogens is 208 g/mol. The molecule has 17 heavy (non-hydrogen) atoms. The van der Waals surface area contributed by atoms with E-state index in [2.05, 4.69) is 25.8 Å². The topological polar surface area (TPSA) is 29.3 Å². The highest BCUT2D eigenvalue weighted by Gasteiger charge is 2.29. The first kappa shape index (κ1) is 15.0. The van der Waals surface area contributed by atoms with Crippen molar-refractivity contribution in [2.45, 2.75) is 77.3 Å². The molecule has 0 aromatic heterocycles. The summed E-state index contributed by atoms with van der Waals surface area (Å²) in [6, 6.07) is 1.46. The molecule has 1 aliphatic carbocycles. The van der Waals surface area contributed by atoms with Crippen molar-refractivity contribution >= 4 is 0 Å². The molecule has 0 saturated heterocycles. The van der Waals surface area contributed by atoms with Gasteiger partial charge in [0.2, 0.25) is 0 Å². The van der Waals surface area contributed by atoms with Crippen LogP contribution >= 0.6 is 0 Å². The van der Waals surface area contributed by atoms with Crippen LogP contribution < -0.4 is 5.73 Å². The zero-order chi connectivity index (χ0) is 12.7. The van der Waals surface area contributed by atoms with Crippen molar-refractivity contribution < 1.29 is 0 Å². The first-order valence-electron chi connectivity index (χ1n) is 7.62. The molecule has 2 heteroatoms. The second-order valence-electron chi connectivity index (χ2n) is 5.86. The highest BCUT2D eigenvalue weighted by Crippen LogP contribution is 2.29. The molecule has 1 aliphatic rings. The standard InChI is InChI=1S/C15H32N2/c1-4-5-6-9-13(2)17(3)15-11-8-7-10-14(15)12-16/h13-15H,4-12,16H2,1-3H3. The molecule has 3 atom stereocenters. The Balaban J connectivity index is 2.39. The van der Waals surface area contributed by atoms with Gasteiger partial charge in [0.25, 0.3) is 0 Å². The third-order valence-electron chi connectivity index (χ3n) is 4.62. The van der Waals surface area contributed by atoms with Gasteiger partial charge in [-0.1, -0.05) is 39.0 Å². The Labute approximate surface area is 108 Å². The van der Waals surface area contributed by atoms with Gasteiger partial charge < -0.3 is 10.6 Å². The minimum Gasteiger partial charge on any atom is -0.330 e. The van der Waals surface area contributed by atoms with Crippen LogP contribution in [0.25, 0.3) is 0 Å². The predicted octanol–water partition coefficient (Wildman–Crippen LogP) is 3.40. The largest absolute Gasteiger partial charge is 0.330 e. The summed E-state index contributed by atoms with van der Waals surface area (Å²) in [4.78, 5) is 2.62. The van der Waals surface area contributed by atoms with Gasteiger partial charge in [0.1, 0.15) is 0 Å². The van der Waals surface area contributed by atoms with E-state index < -0.39 is 0 Å². The quantitative estimate of drug-likeness (QED) is 0.691. The summed E-state index contributed by atoms with van der Waals surface area (Å²) in [7, 11) is 2.31. The van der Waals surface area contributed by atoms with Gasteiger partial charge in [-0.05, 0) is 45.7 Å². The lowest BCUT2D eigenvalue weighted by atomic mass is 9.83. The van der Waals surface area contributed by atoms with Gasteiger partial charge >= 0.3 is 0 Å². The summed E-state index contributed by atoms with van der Waals surface area (Å²) in [5.41, 5.74) is 5.93. The molecule has 1 fully saturated rings. The van der Waals surface area contributed by atoms with Crippen molar-refractivity contribution in [1.82, 2.24) is 4.90 Å². The van der Waals surface area contributed by atoms with Crippen LogP contribution in [-0.4, -0.2) is 30.6 Å². The van der Waals surface area contributed by atoms with E-state index in [4.69, 9.17) is 5.73 Å². The fourth-order valence-corrected chi connectivity index (χ4v) is 3.22. The summed E-state index contributed by atoms with van der Waals surface area (Å²) in [6.45, 7) is 5.54. The average Bonchev–Trinajstić information content (AvgIpc) is 2.38. The minimum absolute atomic E-state index is 0.721. The molecule has 3 unspecified atom stereocenters. The van der Waals surface area contributed by atoms with Crippen molar-refractivity contribution in [3.63, 3.8) is 0 Å². The van der Waals surface area contributed by atoms with E-state index in [9.17, 15) is 0 Å². The fourth-order valence-electron chi connectivity index (χ4n) is 3.22. The Morgan fingerprint density at radius 2 is 1.94 bits per heavy atom. The van der Waals surface area contributed by atoms with Crippen molar-refractivity contribution in [1.29, 1.82) is 0 Å². The maximum absolute atomic E-state index is 5.93. The molecule has 0 spiro atoms. The highest BCUT2D eigenvalue weighted by molar-refractivity contribution is 4.84. The Morgan fingerprint density at radius 3 is 2.59 bits per heavy atom. The predicted molar refractivity (Wildman–Crippen MR) is 76.2 cm³/mol. The first-order chi connectivity index (χ1) is 8.20. The summed E-state index contributed by atoms with van der Waals surface area (Å²) in [6.07, 6.45) is 10.9. The van der Waals surface area contributed by atoms with Gasteiger partial charge in [0.15, 0.2) is 0 Å². The molecule has 0 radical (unpaired) electrons. The molecule has 102 valence electrons. The zero-order valence-corrected chi connectivity index (χ0v) is 12.1. The van der Waals surface area contributed by atoms with E-state index in [1.54, 1.807) is 0 Å². The van der Waals surface area contributed by atoms with Crippen LogP contribution in [-0.2, 0) is 0 Å². The lowest BCUT2D eigenvalue weighted by Gasteiger charge is -2.40. The van der Waals surface area contributed by atoms with E-state index in [-0.39, 0.29) is 0 Å². The third-order valence-corrected chi connectivity index (χ3v) is 4.62. The van der Waals surface area contributed by atoms with Crippen LogP contribution in [0.15, 0.2) is 0 Å². The van der Waals surface area contributed by atoms with Crippen molar-refractivity contribution in [2.24, 2.45) is 11.7 Å². The molecular formula is C15H32N2. The maximum atomic E-state index is 5.93. The lowest BCUT2D eigenvalue weighted by molar-refractivity contribution is 0.0939. The normalized spacial score (nSPS) is 27.4. The van der Waals surface area contributed by atoms with E-state index in [1.807, 2.05) is 0 Å².